The van der Waals surface area contributed by atoms with Crippen LogP contribution in [0.15, 0.2) is 30.3 Å². The van der Waals surface area contributed by atoms with Crippen molar-refractivity contribution < 1.29 is 0 Å². The molecule has 0 unspecified atom stereocenters. The van der Waals surface area contributed by atoms with Crippen molar-refractivity contribution in [3.63, 3.8) is 0 Å². The predicted octanol–water partition coefficient (Wildman–Crippen LogP) is 5.77. The van der Waals surface area contributed by atoms with Gasteiger partial charge < -0.3 is 5.32 Å². The third-order valence-corrected chi connectivity index (χ3v) is 4.95. The standard InChI is InChI=1S/C17H18ClN3S/c1-4-13-9-14-15(20-17(18)21-16(14)22-13)19-12-7-5-11(6-8-12)10(2)3/h5-10H,4H2,1-3H3,(H,19,20,21). The molecule has 3 nitrogen and oxygen atoms in total. The summed E-state index contributed by atoms with van der Waals surface area (Å²) in [5.74, 6) is 1.29. The Labute approximate surface area is 139 Å². The molecule has 0 amide bonds. The van der Waals surface area contributed by atoms with Gasteiger partial charge >= 0.3 is 0 Å². The maximum Gasteiger partial charge on any atom is 0.225 e. The van der Waals surface area contributed by atoms with Crippen molar-refractivity contribution in [1.29, 1.82) is 0 Å². The minimum absolute atomic E-state index is 0.276. The molecule has 0 bridgehead atoms. The van der Waals surface area contributed by atoms with Crippen LogP contribution in [-0.4, -0.2) is 9.97 Å². The Morgan fingerprint density at radius 3 is 2.55 bits per heavy atom. The average Bonchev–Trinajstić information content (AvgIpc) is 2.91. The van der Waals surface area contributed by atoms with Gasteiger partial charge in [-0.2, -0.15) is 4.98 Å². The van der Waals surface area contributed by atoms with E-state index in [-0.39, 0.29) is 5.28 Å². The van der Waals surface area contributed by atoms with Gasteiger partial charge in [-0.25, -0.2) is 4.98 Å². The van der Waals surface area contributed by atoms with Gasteiger partial charge in [-0.05, 0) is 47.7 Å². The van der Waals surface area contributed by atoms with E-state index in [2.05, 4.69) is 66.4 Å². The Morgan fingerprint density at radius 1 is 1.18 bits per heavy atom. The molecule has 3 rings (SSSR count). The number of aromatic nitrogens is 2. The number of nitrogens with one attached hydrogen (secondary N) is 1. The minimum atomic E-state index is 0.276. The van der Waals surface area contributed by atoms with E-state index in [4.69, 9.17) is 11.6 Å². The third kappa shape index (κ3) is 3.08. The van der Waals surface area contributed by atoms with Gasteiger partial charge in [-0.3, -0.25) is 0 Å². The Hall–Kier alpha value is -1.65. The molecule has 0 spiro atoms. The largest absolute Gasteiger partial charge is 0.340 e. The Balaban J connectivity index is 1.97. The molecule has 0 atom stereocenters. The molecule has 2 heterocycles. The first kappa shape index (κ1) is 15.3. The van der Waals surface area contributed by atoms with Crippen molar-refractivity contribution in [3.05, 3.63) is 46.1 Å². The predicted molar refractivity (Wildman–Crippen MR) is 95.6 cm³/mol. The van der Waals surface area contributed by atoms with Gasteiger partial charge in [-0.15, -0.1) is 11.3 Å². The van der Waals surface area contributed by atoms with Crippen LogP contribution in [-0.2, 0) is 6.42 Å². The maximum atomic E-state index is 6.05. The lowest BCUT2D eigenvalue weighted by molar-refractivity contribution is 0.867. The summed E-state index contributed by atoms with van der Waals surface area (Å²) in [5.41, 5.74) is 2.32. The van der Waals surface area contributed by atoms with Gasteiger partial charge in [0, 0.05) is 10.6 Å². The molecule has 22 heavy (non-hydrogen) atoms. The monoisotopic (exact) mass is 331 g/mol. The fourth-order valence-corrected chi connectivity index (χ4v) is 3.49. The van der Waals surface area contributed by atoms with E-state index < -0.39 is 0 Å². The van der Waals surface area contributed by atoms with Crippen LogP contribution < -0.4 is 5.32 Å². The molecule has 1 N–H and O–H groups in total. The molecule has 0 fully saturated rings. The highest BCUT2D eigenvalue weighted by Crippen LogP contribution is 2.32. The molecule has 0 radical (unpaired) electrons. The van der Waals surface area contributed by atoms with Gasteiger partial charge in [0.1, 0.15) is 10.6 Å². The fraction of sp³-hybridized carbons (Fsp3) is 0.294. The summed E-state index contributed by atoms with van der Waals surface area (Å²) in [5, 5.41) is 4.67. The number of fused-ring (bicyclic) bond motifs is 1. The number of anilines is 2. The Kier molecular flexibility index (Phi) is 4.32. The highest BCUT2D eigenvalue weighted by molar-refractivity contribution is 7.18. The van der Waals surface area contributed by atoms with Crippen molar-refractivity contribution in [2.75, 3.05) is 5.32 Å². The number of hydrogen-bond acceptors (Lipinski definition) is 4. The molecule has 5 heteroatoms. The van der Waals surface area contributed by atoms with Gasteiger partial charge in [0.05, 0.1) is 5.39 Å². The zero-order valence-electron chi connectivity index (χ0n) is 12.9. The van der Waals surface area contributed by atoms with E-state index in [1.807, 2.05) is 0 Å². The fourth-order valence-electron chi connectivity index (χ4n) is 2.30. The zero-order valence-corrected chi connectivity index (χ0v) is 14.4. The third-order valence-electron chi connectivity index (χ3n) is 3.61. The summed E-state index contributed by atoms with van der Waals surface area (Å²) in [6, 6.07) is 10.6. The molecule has 0 saturated heterocycles. The molecule has 2 aromatic heterocycles. The number of nitrogens with zero attached hydrogens (tertiary/aromatic N) is 2. The minimum Gasteiger partial charge on any atom is -0.340 e. The van der Waals surface area contributed by atoms with Crippen molar-refractivity contribution in [2.24, 2.45) is 0 Å². The van der Waals surface area contributed by atoms with E-state index in [1.165, 1.54) is 10.4 Å². The van der Waals surface area contributed by atoms with E-state index in [0.717, 1.165) is 28.1 Å². The highest BCUT2D eigenvalue weighted by atomic mass is 35.5. The van der Waals surface area contributed by atoms with E-state index >= 15 is 0 Å². The number of rotatable bonds is 4. The van der Waals surface area contributed by atoms with Crippen molar-refractivity contribution in [2.45, 2.75) is 33.1 Å². The smallest absolute Gasteiger partial charge is 0.225 e. The van der Waals surface area contributed by atoms with Crippen molar-refractivity contribution in [1.82, 2.24) is 9.97 Å². The van der Waals surface area contributed by atoms with Crippen LogP contribution in [0.2, 0.25) is 5.28 Å². The molecule has 0 saturated carbocycles. The zero-order chi connectivity index (χ0) is 15.7. The van der Waals surface area contributed by atoms with Gasteiger partial charge in [0.15, 0.2) is 0 Å². The van der Waals surface area contributed by atoms with Crippen LogP contribution in [0.25, 0.3) is 10.2 Å². The van der Waals surface area contributed by atoms with E-state index in [1.54, 1.807) is 11.3 Å². The van der Waals surface area contributed by atoms with E-state index in [9.17, 15) is 0 Å². The lowest BCUT2D eigenvalue weighted by atomic mass is 10.0. The van der Waals surface area contributed by atoms with Crippen LogP contribution in [0.3, 0.4) is 0 Å². The Morgan fingerprint density at radius 2 is 1.91 bits per heavy atom. The summed E-state index contributed by atoms with van der Waals surface area (Å²) in [6.45, 7) is 6.51. The van der Waals surface area contributed by atoms with Crippen LogP contribution in [0.4, 0.5) is 11.5 Å². The lowest BCUT2D eigenvalue weighted by Gasteiger charge is -2.09. The van der Waals surface area contributed by atoms with Crippen LogP contribution in [0, 0.1) is 0 Å². The van der Waals surface area contributed by atoms with Crippen LogP contribution in [0.5, 0.6) is 0 Å². The maximum absolute atomic E-state index is 6.05. The topological polar surface area (TPSA) is 37.8 Å². The van der Waals surface area contributed by atoms with Crippen LogP contribution in [0.1, 0.15) is 37.1 Å². The second-order valence-corrected chi connectivity index (χ2v) is 6.98. The quantitative estimate of drug-likeness (QED) is 0.616. The SMILES string of the molecule is CCc1cc2c(Nc3ccc(C(C)C)cc3)nc(Cl)nc2s1. The summed E-state index contributed by atoms with van der Waals surface area (Å²) < 4.78 is 0. The summed E-state index contributed by atoms with van der Waals surface area (Å²) in [4.78, 5) is 10.9. The van der Waals surface area contributed by atoms with Gasteiger partial charge in [0.25, 0.3) is 0 Å². The lowest BCUT2D eigenvalue weighted by Crippen LogP contribution is -1.96. The summed E-state index contributed by atoms with van der Waals surface area (Å²) in [7, 11) is 0. The number of halogens is 1. The molecule has 1 aromatic carbocycles. The van der Waals surface area contributed by atoms with Crippen molar-refractivity contribution >= 4 is 44.7 Å². The number of benzene rings is 1. The second-order valence-electron chi connectivity index (χ2n) is 5.53. The summed E-state index contributed by atoms with van der Waals surface area (Å²) in [6.07, 6.45) is 0.987. The van der Waals surface area contributed by atoms with Crippen molar-refractivity contribution in [3.8, 4) is 0 Å². The first-order valence-electron chi connectivity index (χ1n) is 7.39. The molecule has 0 aliphatic rings. The molecule has 114 valence electrons. The Bertz CT molecular complexity index is 794. The number of hydrogen-bond donors (Lipinski definition) is 1. The summed E-state index contributed by atoms with van der Waals surface area (Å²) >= 11 is 7.72. The average molecular weight is 332 g/mol. The van der Waals surface area contributed by atoms with Gasteiger partial charge in [-0.1, -0.05) is 32.9 Å². The highest BCUT2D eigenvalue weighted by Gasteiger charge is 2.11. The molecule has 3 aromatic rings. The number of aryl methyl sites for hydroxylation is 1. The second kappa shape index (κ2) is 6.23. The number of thiophene rings is 1. The normalized spacial score (nSPS) is 11.3. The van der Waals surface area contributed by atoms with Crippen LogP contribution >= 0.6 is 22.9 Å². The molecular weight excluding hydrogens is 314 g/mol. The molecular formula is C17H18ClN3S. The first-order chi connectivity index (χ1) is 10.6. The molecule has 0 aliphatic heterocycles. The van der Waals surface area contributed by atoms with Gasteiger partial charge in [0.2, 0.25) is 5.28 Å². The first-order valence-corrected chi connectivity index (χ1v) is 8.59. The van der Waals surface area contributed by atoms with E-state index in [0.29, 0.717) is 5.92 Å². The molecule has 0 aliphatic carbocycles.